The van der Waals surface area contributed by atoms with E-state index in [1.54, 1.807) is 17.0 Å². The number of hydrogen-bond acceptors (Lipinski definition) is 4. The Morgan fingerprint density at radius 3 is 2.50 bits per heavy atom. The summed E-state index contributed by atoms with van der Waals surface area (Å²) >= 11 is 0. The Bertz CT molecular complexity index is 691. The Hall–Kier alpha value is -3.02. The highest BCUT2D eigenvalue weighted by atomic mass is 16.6. The van der Waals surface area contributed by atoms with E-state index >= 15 is 0 Å². The number of ether oxygens (including phenoxy) is 2. The lowest BCUT2D eigenvalue weighted by Gasteiger charge is -2.13. The van der Waals surface area contributed by atoms with Gasteiger partial charge in [-0.2, -0.15) is 0 Å². The minimum absolute atomic E-state index is 0.0763. The van der Waals surface area contributed by atoms with Gasteiger partial charge in [-0.3, -0.25) is 9.69 Å². The molecule has 1 aliphatic rings. The maximum absolute atomic E-state index is 11.9. The fourth-order valence-electron chi connectivity index (χ4n) is 2.39. The van der Waals surface area contributed by atoms with Gasteiger partial charge < -0.3 is 14.8 Å². The van der Waals surface area contributed by atoms with Crippen LogP contribution in [0.5, 0.6) is 5.75 Å². The zero-order chi connectivity index (χ0) is 16.8. The number of benzene rings is 2. The van der Waals surface area contributed by atoms with E-state index < -0.39 is 6.09 Å². The van der Waals surface area contributed by atoms with Crippen LogP contribution in [-0.2, 0) is 9.53 Å². The molecule has 0 radical (unpaired) electrons. The molecular weight excluding hydrogens is 308 g/mol. The van der Waals surface area contributed by atoms with Crippen molar-refractivity contribution in [3.63, 3.8) is 0 Å². The van der Waals surface area contributed by atoms with Gasteiger partial charge in [0.05, 0.1) is 13.1 Å². The highest BCUT2D eigenvalue weighted by Gasteiger charge is 2.32. The highest BCUT2D eigenvalue weighted by Crippen LogP contribution is 2.20. The second-order valence-electron chi connectivity index (χ2n) is 5.36. The number of rotatable bonds is 6. The molecule has 1 unspecified atom stereocenters. The summed E-state index contributed by atoms with van der Waals surface area (Å²) in [6.07, 6.45) is -0.778. The van der Waals surface area contributed by atoms with E-state index in [4.69, 9.17) is 9.47 Å². The molecule has 24 heavy (non-hydrogen) atoms. The molecule has 124 valence electrons. The van der Waals surface area contributed by atoms with Gasteiger partial charge in [0.25, 0.3) is 5.91 Å². The third-order valence-corrected chi connectivity index (χ3v) is 3.58. The molecule has 1 aliphatic heterocycles. The number of anilines is 1. The molecule has 1 N–H and O–H groups in total. The molecule has 1 saturated heterocycles. The molecule has 0 bridgehead atoms. The number of nitrogens with zero attached hydrogens (tertiary/aromatic N) is 1. The topological polar surface area (TPSA) is 67.9 Å². The minimum Gasteiger partial charge on any atom is -0.484 e. The predicted octanol–water partition coefficient (Wildman–Crippen LogP) is 2.21. The summed E-state index contributed by atoms with van der Waals surface area (Å²) in [5.74, 6) is 0.378. The van der Waals surface area contributed by atoms with Gasteiger partial charge in [0.15, 0.2) is 6.61 Å². The van der Waals surface area contributed by atoms with Crippen LogP contribution >= 0.6 is 0 Å². The highest BCUT2D eigenvalue weighted by molar-refractivity contribution is 5.89. The lowest BCUT2D eigenvalue weighted by atomic mass is 10.2. The second kappa shape index (κ2) is 7.50. The molecular formula is C18H18N2O4. The van der Waals surface area contributed by atoms with Crippen LogP contribution in [0.2, 0.25) is 0 Å². The van der Waals surface area contributed by atoms with Gasteiger partial charge in [-0.1, -0.05) is 36.4 Å². The number of carbonyl (C=O) groups excluding carboxylic acids is 2. The van der Waals surface area contributed by atoms with Gasteiger partial charge in [0.1, 0.15) is 11.9 Å². The number of nitrogens with one attached hydrogen (secondary N) is 1. The van der Waals surface area contributed by atoms with Crippen molar-refractivity contribution in [3.05, 3.63) is 60.7 Å². The van der Waals surface area contributed by atoms with E-state index in [1.165, 1.54) is 0 Å². The SMILES string of the molecule is O=C(COc1ccccc1)NCC1CN(c2ccccc2)C(=O)O1. The van der Waals surface area contributed by atoms with Crippen molar-refractivity contribution in [2.75, 3.05) is 24.6 Å². The summed E-state index contributed by atoms with van der Waals surface area (Å²) in [6, 6.07) is 18.4. The molecule has 2 aromatic carbocycles. The van der Waals surface area contributed by atoms with Crippen LogP contribution in [0, 0.1) is 0 Å². The first kappa shape index (κ1) is 15.9. The number of carbonyl (C=O) groups is 2. The van der Waals surface area contributed by atoms with E-state index in [-0.39, 0.29) is 25.2 Å². The number of para-hydroxylation sites is 2. The summed E-state index contributed by atoms with van der Waals surface area (Å²) < 4.78 is 10.6. The van der Waals surface area contributed by atoms with Crippen molar-refractivity contribution in [2.45, 2.75) is 6.10 Å². The van der Waals surface area contributed by atoms with E-state index in [1.807, 2.05) is 48.5 Å². The molecule has 6 heteroatoms. The van der Waals surface area contributed by atoms with Crippen molar-refractivity contribution < 1.29 is 19.1 Å². The molecule has 0 aromatic heterocycles. The maximum Gasteiger partial charge on any atom is 0.414 e. The van der Waals surface area contributed by atoms with Crippen LogP contribution < -0.4 is 15.0 Å². The van der Waals surface area contributed by atoms with Crippen molar-refractivity contribution in [2.24, 2.45) is 0 Å². The van der Waals surface area contributed by atoms with Crippen LogP contribution in [0.4, 0.5) is 10.5 Å². The standard InChI is InChI=1S/C18H18N2O4/c21-17(13-23-15-9-5-2-6-10-15)19-11-16-12-20(18(22)24-16)14-7-3-1-4-8-14/h1-10,16H,11-13H2,(H,19,21). The molecule has 3 rings (SSSR count). The monoisotopic (exact) mass is 326 g/mol. The van der Waals surface area contributed by atoms with Gasteiger partial charge in [-0.15, -0.1) is 0 Å². The largest absolute Gasteiger partial charge is 0.484 e. The van der Waals surface area contributed by atoms with E-state index in [0.29, 0.717) is 12.3 Å². The van der Waals surface area contributed by atoms with Gasteiger partial charge in [0, 0.05) is 5.69 Å². The molecule has 2 aromatic rings. The minimum atomic E-state index is -0.402. The average molecular weight is 326 g/mol. The Labute approximate surface area is 140 Å². The lowest BCUT2D eigenvalue weighted by Crippen LogP contribution is -2.37. The number of amides is 2. The molecule has 1 heterocycles. The van der Waals surface area contributed by atoms with Crippen molar-refractivity contribution in [1.29, 1.82) is 0 Å². The molecule has 0 spiro atoms. The van der Waals surface area contributed by atoms with E-state index in [2.05, 4.69) is 5.32 Å². The maximum atomic E-state index is 11.9. The van der Waals surface area contributed by atoms with Crippen LogP contribution in [0.25, 0.3) is 0 Å². The fraction of sp³-hybridized carbons (Fsp3) is 0.222. The molecule has 0 saturated carbocycles. The van der Waals surface area contributed by atoms with Gasteiger partial charge in [-0.05, 0) is 24.3 Å². The van der Waals surface area contributed by atoms with Gasteiger partial charge >= 0.3 is 6.09 Å². The summed E-state index contributed by atoms with van der Waals surface area (Å²) in [4.78, 5) is 25.3. The quantitative estimate of drug-likeness (QED) is 0.884. The first-order chi connectivity index (χ1) is 11.7. The summed E-state index contributed by atoms with van der Waals surface area (Å²) in [5.41, 5.74) is 0.781. The smallest absolute Gasteiger partial charge is 0.414 e. The van der Waals surface area contributed by atoms with Crippen LogP contribution in [0.3, 0.4) is 0 Å². The Kier molecular flexibility index (Phi) is 4.96. The summed E-state index contributed by atoms with van der Waals surface area (Å²) in [7, 11) is 0. The van der Waals surface area contributed by atoms with Gasteiger partial charge in [-0.25, -0.2) is 4.79 Å². The molecule has 2 amide bonds. The third kappa shape index (κ3) is 4.04. The van der Waals surface area contributed by atoms with Crippen molar-refractivity contribution in [1.82, 2.24) is 5.32 Å². The summed E-state index contributed by atoms with van der Waals surface area (Å²) in [6.45, 7) is 0.585. The molecule has 0 aliphatic carbocycles. The Morgan fingerprint density at radius 1 is 1.12 bits per heavy atom. The van der Waals surface area contributed by atoms with Gasteiger partial charge in [0.2, 0.25) is 0 Å². The first-order valence-electron chi connectivity index (χ1n) is 7.70. The van der Waals surface area contributed by atoms with Crippen LogP contribution in [0.1, 0.15) is 0 Å². The number of hydrogen-bond donors (Lipinski definition) is 1. The summed E-state index contributed by atoms with van der Waals surface area (Å²) in [5, 5.41) is 2.72. The normalized spacial score (nSPS) is 16.6. The van der Waals surface area contributed by atoms with Crippen molar-refractivity contribution >= 4 is 17.7 Å². The molecule has 1 fully saturated rings. The third-order valence-electron chi connectivity index (χ3n) is 3.58. The van der Waals surface area contributed by atoms with Crippen LogP contribution in [-0.4, -0.2) is 37.8 Å². The Morgan fingerprint density at radius 2 is 1.79 bits per heavy atom. The van der Waals surface area contributed by atoms with Crippen LogP contribution in [0.15, 0.2) is 60.7 Å². The lowest BCUT2D eigenvalue weighted by molar-refractivity contribution is -0.123. The average Bonchev–Trinajstić information content (AvgIpc) is 3.00. The van der Waals surface area contributed by atoms with Crippen molar-refractivity contribution in [3.8, 4) is 5.75 Å². The predicted molar refractivity (Wildman–Crippen MR) is 89.0 cm³/mol. The second-order valence-corrected chi connectivity index (χ2v) is 5.36. The van der Waals surface area contributed by atoms with E-state index in [9.17, 15) is 9.59 Å². The fourth-order valence-corrected chi connectivity index (χ4v) is 2.39. The zero-order valence-corrected chi connectivity index (χ0v) is 13.1. The Balaban J connectivity index is 1.44. The first-order valence-corrected chi connectivity index (χ1v) is 7.70. The molecule has 1 atom stereocenters. The molecule has 6 nitrogen and oxygen atoms in total. The zero-order valence-electron chi connectivity index (χ0n) is 13.1. The number of cyclic esters (lactones) is 1. The van der Waals surface area contributed by atoms with E-state index in [0.717, 1.165) is 5.69 Å².